The third kappa shape index (κ3) is 12.8. The molecule has 1 aromatic heterocycles. The molecule has 0 aliphatic heterocycles. The first kappa shape index (κ1) is 29.5. The Bertz CT molecular complexity index is 800. The van der Waals surface area contributed by atoms with Crippen LogP contribution in [-0.2, 0) is 0 Å². The van der Waals surface area contributed by atoms with Crippen molar-refractivity contribution in [3.63, 3.8) is 0 Å². The van der Waals surface area contributed by atoms with E-state index in [9.17, 15) is 0 Å². The standard InChI is InChI=1S/C33H52N2O2/c1-2-3-4-5-6-8-11-17-26-37-32-27-34-33(35-28-32)30-21-23-31(24-22-30)36-25-16-12-9-7-10-13-18-29-19-14-15-20-29/h21-24,27-29H,2-20,25-26H2,1H3. The molecular formula is C33H52N2O2. The van der Waals surface area contributed by atoms with E-state index in [2.05, 4.69) is 16.9 Å². The average molecular weight is 509 g/mol. The number of unbranched alkanes of at least 4 members (excludes halogenated alkanes) is 12. The molecule has 1 fully saturated rings. The van der Waals surface area contributed by atoms with Crippen molar-refractivity contribution in [2.45, 2.75) is 129 Å². The predicted octanol–water partition coefficient (Wildman–Crippen LogP) is 9.96. The molecule has 1 aliphatic rings. The number of nitrogens with zero attached hydrogens (tertiary/aromatic N) is 2. The Morgan fingerprint density at radius 3 is 1.73 bits per heavy atom. The molecule has 4 heteroatoms. The van der Waals surface area contributed by atoms with E-state index in [1.54, 1.807) is 12.4 Å². The first-order chi connectivity index (χ1) is 18.3. The molecule has 0 unspecified atom stereocenters. The first-order valence-electron chi connectivity index (χ1n) is 15.5. The van der Waals surface area contributed by atoms with Crippen LogP contribution in [0.2, 0.25) is 0 Å². The third-order valence-corrected chi connectivity index (χ3v) is 7.76. The van der Waals surface area contributed by atoms with Crippen LogP contribution < -0.4 is 9.47 Å². The minimum atomic E-state index is 0.721. The molecular weight excluding hydrogens is 456 g/mol. The molecule has 0 spiro atoms. The largest absolute Gasteiger partial charge is 0.494 e. The summed E-state index contributed by atoms with van der Waals surface area (Å²) in [6, 6.07) is 8.12. The molecule has 37 heavy (non-hydrogen) atoms. The van der Waals surface area contributed by atoms with Crippen LogP contribution in [-0.4, -0.2) is 23.2 Å². The Balaban J connectivity index is 1.20. The zero-order valence-electron chi connectivity index (χ0n) is 23.6. The first-order valence-corrected chi connectivity index (χ1v) is 15.5. The highest BCUT2D eigenvalue weighted by atomic mass is 16.5. The van der Waals surface area contributed by atoms with E-state index in [0.29, 0.717) is 0 Å². The zero-order valence-corrected chi connectivity index (χ0v) is 23.6. The van der Waals surface area contributed by atoms with Crippen molar-refractivity contribution < 1.29 is 9.47 Å². The summed E-state index contributed by atoms with van der Waals surface area (Å²) < 4.78 is 11.8. The summed E-state index contributed by atoms with van der Waals surface area (Å²) >= 11 is 0. The summed E-state index contributed by atoms with van der Waals surface area (Å²) in [5.41, 5.74) is 1.000. The fourth-order valence-corrected chi connectivity index (χ4v) is 5.40. The summed E-state index contributed by atoms with van der Waals surface area (Å²) in [5, 5.41) is 0. The minimum absolute atomic E-state index is 0.721. The molecule has 0 bridgehead atoms. The van der Waals surface area contributed by atoms with Crippen molar-refractivity contribution >= 4 is 0 Å². The summed E-state index contributed by atoms with van der Waals surface area (Å²) in [4.78, 5) is 9.00. The second kappa shape index (κ2) is 19.0. The number of rotatable bonds is 21. The van der Waals surface area contributed by atoms with Crippen molar-refractivity contribution in [3.8, 4) is 22.9 Å². The summed E-state index contributed by atoms with van der Waals surface area (Å²) in [5.74, 6) is 3.44. The SMILES string of the molecule is CCCCCCCCCCOc1cnc(-c2ccc(OCCCCCCCCC3CCCC3)cc2)nc1. The van der Waals surface area contributed by atoms with Crippen molar-refractivity contribution in [3.05, 3.63) is 36.7 Å². The number of aromatic nitrogens is 2. The molecule has 0 N–H and O–H groups in total. The van der Waals surface area contributed by atoms with Gasteiger partial charge in [0.1, 0.15) is 5.75 Å². The van der Waals surface area contributed by atoms with Crippen molar-refractivity contribution in [1.82, 2.24) is 9.97 Å². The van der Waals surface area contributed by atoms with Gasteiger partial charge in [-0.05, 0) is 43.0 Å². The lowest BCUT2D eigenvalue weighted by atomic mass is 9.99. The molecule has 1 heterocycles. The zero-order chi connectivity index (χ0) is 25.8. The van der Waals surface area contributed by atoms with Crippen molar-refractivity contribution in [1.29, 1.82) is 0 Å². The van der Waals surface area contributed by atoms with Crippen LogP contribution in [0.5, 0.6) is 11.5 Å². The van der Waals surface area contributed by atoms with Crippen LogP contribution in [0.15, 0.2) is 36.7 Å². The van der Waals surface area contributed by atoms with E-state index in [1.807, 2.05) is 24.3 Å². The van der Waals surface area contributed by atoms with E-state index in [0.717, 1.165) is 54.9 Å². The maximum absolute atomic E-state index is 5.95. The lowest BCUT2D eigenvalue weighted by molar-refractivity contribution is 0.302. The van der Waals surface area contributed by atoms with E-state index in [-0.39, 0.29) is 0 Å². The normalized spacial score (nSPS) is 13.8. The number of hydrogen-bond donors (Lipinski definition) is 0. The predicted molar refractivity (Wildman–Crippen MR) is 155 cm³/mol. The number of hydrogen-bond acceptors (Lipinski definition) is 4. The van der Waals surface area contributed by atoms with E-state index in [4.69, 9.17) is 9.47 Å². The Kier molecular flexibility index (Phi) is 15.2. The van der Waals surface area contributed by atoms with Crippen LogP contribution in [0.25, 0.3) is 11.4 Å². The highest BCUT2D eigenvalue weighted by Gasteiger charge is 2.13. The van der Waals surface area contributed by atoms with Crippen LogP contribution in [0, 0.1) is 5.92 Å². The molecule has 0 amide bonds. The van der Waals surface area contributed by atoms with Crippen molar-refractivity contribution in [2.24, 2.45) is 5.92 Å². The Hall–Kier alpha value is -2.10. The number of benzene rings is 1. The second-order valence-electron chi connectivity index (χ2n) is 11.0. The molecule has 1 aromatic carbocycles. The van der Waals surface area contributed by atoms with Gasteiger partial charge in [-0.25, -0.2) is 9.97 Å². The highest BCUT2D eigenvalue weighted by molar-refractivity contribution is 5.56. The third-order valence-electron chi connectivity index (χ3n) is 7.76. The van der Waals surface area contributed by atoms with Gasteiger partial charge in [-0.3, -0.25) is 0 Å². The molecule has 3 rings (SSSR count). The van der Waals surface area contributed by atoms with Gasteiger partial charge in [-0.2, -0.15) is 0 Å². The van der Waals surface area contributed by atoms with Gasteiger partial charge in [0.05, 0.1) is 25.6 Å². The van der Waals surface area contributed by atoms with Gasteiger partial charge >= 0.3 is 0 Å². The molecule has 2 aromatic rings. The van der Waals surface area contributed by atoms with Gasteiger partial charge in [-0.1, -0.05) is 116 Å². The molecule has 0 atom stereocenters. The lowest BCUT2D eigenvalue weighted by Gasteiger charge is -2.09. The Labute approximate surface area is 227 Å². The smallest absolute Gasteiger partial charge is 0.159 e. The average Bonchev–Trinajstić information content (AvgIpc) is 3.46. The van der Waals surface area contributed by atoms with Gasteiger partial charge in [0.25, 0.3) is 0 Å². The van der Waals surface area contributed by atoms with Crippen LogP contribution in [0.3, 0.4) is 0 Å². The minimum Gasteiger partial charge on any atom is -0.494 e. The highest BCUT2D eigenvalue weighted by Crippen LogP contribution is 2.29. The van der Waals surface area contributed by atoms with Crippen LogP contribution in [0.4, 0.5) is 0 Å². The molecule has 206 valence electrons. The monoisotopic (exact) mass is 508 g/mol. The topological polar surface area (TPSA) is 44.2 Å². The fraction of sp³-hybridized carbons (Fsp3) is 0.697. The lowest BCUT2D eigenvalue weighted by Crippen LogP contribution is -1.99. The van der Waals surface area contributed by atoms with E-state index >= 15 is 0 Å². The summed E-state index contributed by atoms with van der Waals surface area (Å²) in [6.07, 6.45) is 29.4. The van der Waals surface area contributed by atoms with Gasteiger partial charge in [0.2, 0.25) is 0 Å². The van der Waals surface area contributed by atoms with Crippen LogP contribution in [0.1, 0.15) is 129 Å². The fourth-order valence-electron chi connectivity index (χ4n) is 5.40. The van der Waals surface area contributed by atoms with Crippen LogP contribution >= 0.6 is 0 Å². The van der Waals surface area contributed by atoms with Gasteiger partial charge < -0.3 is 9.47 Å². The van der Waals surface area contributed by atoms with Gasteiger partial charge in [0, 0.05) is 5.56 Å². The van der Waals surface area contributed by atoms with Gasteiger partial charge in [-0.15, -0.1) is 0 Å². The van der Waals surface area contributed by atoms with E-state index in [1.165, 1.54) is 109 Å². The quantitative estimate of drug-likeness (QED) is 0.157. The van der Waals surface area contributed by atoms with Crippen molar-refractivity contribution in [2.75, 3.05) is 13.2 Å². The van der Waals surface area contributed by atoms with E-state index < -0.39 is 0 Å². The van der Waals surface area contributed by atoms with Gasteiger partial charge in [0.15, 0.2) is 11.6 Å². The molecule has 1 aliphatic carbocycles. The summed E-state index contributed by atoms with van der Waals surface area (Å²) in [6.45, 7) is 3.80. The second-order valence-corrected chi connectivity index (χ2v) is 11.0. The molecule has 0 saturated heterocycles. The Morgan fingerprint density at radius 1 is 0.622 bits per heavy atom. The molecule has 0 radical (unpaired) electrons. The maximum Gasteiger partial charge on any atom is 0.159 e. The number of ether oxygens (including phenoxy) is 2. The maximum atomic E-state index is 5.95. The molecule has 4 nitrogen and oxygen atoms in total. The summed E-state index contributed by atoms with van der Waals surface area (Å²) in [7, 11) is 0. The Morgan fingerprint density at radius 2 is 1.14 bits per heavy atom. The molecule has 1 saturated carbocycles.